The van der Waals surface area contributed by atoms with Gasteiger partial charge in [0.25, 0.3) is 0 Å². The second-order valence-electron chi connectivity index (χ2n) is 5.41. The normalized spacial score (nSPS) is 10.9. The number of ketones is 1. The quantitative estimate of drug-likeness (QED) is 0.738. The smallest absolute Gasteiger partial charge is 0.236 e. The Hall–Kier alpha value is -1.62. The van der Waals surface area contributed by atoms with E-state index in [0.29, 0.717) is 0 Å². The molecule has 0 spiro atoms. The lowest BCUT2D eigenvalue weighted by molar-refractivity contribution is -0.129. The molecule has 0 aliphatic carbocycles. The van der Waals surface area contributed by atoms with Crippen molar-refractivity contribution in [3.63, 3.8) is 0 Å². The van der Waals surface area contributed by atoms with E-state index in [1.54, 1.807) is 26.0 Å². The van der Waals surface area contributed by atoms with E-state index in [4.69, 9.17) is 0 Å². The molecule has 1 rings (SSSR count). The molecule has 1 amide bonds. The van der Waals surface area contributed by atoms with Crippen LogP contribution in [-0.2, 0) is 11.3 Å². The first-order valence-electron chi connectivity index (χ1n) is 6.86. The number of amides is 1. The Kier molecular flexibility index (Phi) is 5.51. The van der Waals surface area contributed by atoms with Crippen molar-refractivity contribution >= 4 is 11.7 Å². The number of likely N-dealkylation sites (N-methyl/N-ethyl adjacent to an activating group) is 2. The molecule has 0 aliphatic rings. The summed E-state index contributed by atoms with van der Waals surface area (Å²) in [7, 11) is 5.22. The van der Waals surface area contributed by atoms with Crippen LogP contribution in [0.15, 0.2) is 6.07 Å². The molecule has 0 unspecified atom stereocenters. The van der Waals surface area contributed by atoms with Crippen molar-refractivity contribution < 1.29 is 9.59 Å². The van der Waals surface area contributed by atoms with Crippen LogP contribution in [-0.4, -0.2) is 60.3 Å². The Morgan fingerprint density at radius 1 is 1.15 bits per heavy atom. The number of carbonyl (C=O) groups excluding carboxylic acids is 2. The SMILES string of the molecule is CCn1c(C)cc(C(=O)CN(C)CC(=O)N(C)C)c1C. The Morgan fingerprint density at radius 2 is 1.75 bits per heavy atom. The van der Waals surface area contributed by atoms with Crippen LogP contribution in [0, 0.1) is 13.8 Å². The summed E-state index contributed by atoms with van der Waals surface area (Å²) in [6.45, 7) is 7.41. The van der Waals surface area contributed by atoms with Gasteiger partial charge < -0.3 is 9.47 Å². The maximum absolute atomic E-state index is 12.3. The molecule has 0 N–H and O–H groups in total. The van der Waals surface area contributed by atoms with Gasteiger partial charge in [-0.15, -0.1) is 0 Å². The molecule has 1 aromatic rings. The maximum Gasteiger partial charge on any atom is 0.236 e. The van der Waals surface area contributed by atoms with Crippen molar-refractivity contribution in [1.29, 1.82) is 0 Å². The summed E-state index contributed by atoms with van der Waals surface area (Å²) in [5, 5.41) is 0. The summed E-state index contributed by atoms with van der Waals surface area (Å²) in [6, 6.07) is 1.93. The Balaban J connectivity index is 2.74. The molecule has 0 aromatic carbocycles. The number of carbonyl (C=O) groups is 2. The molecule has 1 heterocycles. The van der Waals surface area contributed by atoms with Crippen LogP contribution in [0.25, 0.3) is 0 Å². The van der Waals surface area contributed by atoms with Crippen LogP contribution in [0.2, 0.25) is 0 Å². The molecule has 0 fully saturated rings. The highest BCUT2D eigenvalue weighted by atomic mass is 16.2. The van der Waals surface area contributed by atoms with E-state index in [2.05, 4.69) is 11.5 Å². The fourth-order valence-corrected chi connectivity index (χ4v) is 2.33. The van der Waals surface area contributed by atoms with E-state index in [-0.39, 0.29) is 24.8 Å². The van der Waals surface area contributed by atoms with Crippen molar-refractivity contribution in [3.05, 3.63) is 23.0 Å². The zero-order valence-electron chi connectivity index (χ0n) is 13.4. The largest absolute Gasteiger partial charge is 0.349 e. The topological polar surface area (TPSA) is 45.6 Å². The Labute approximate surface area is 121 Å². The first-order valence-corrected chi connectivity index (χ1v) is 6.86. The second-order valence-corrected chi connectivity index (χ2v) is 5.41. The number of Topliss-reactive ketones (excluding diaryl/α,β-unsaturated/α-hetero) is 1. The molecular weight excluding hydrogens is 254 g/mol. The molecule has 0 radical (unpaired) electrons. The number of aromatic nitrogens is 1. The van der Waals surface area contributed by atoms with Gasteiger partial charge in [0.1, 0.15) is 0 Å². The standard InChI is InChI=1S/C15H25N3O2/c1-7-18-11(2)8-13(12(18)3)14(19)9-17(6)10-15(20)16(4)5/h8H,7,9-10H2,1-6H3. The summed E-state index contributed by atoms with van der Waals surface area (Å²) >= 11 is 0. The average molecular weight is 279 g/mol. The predicted molar refractivity (Wildman–Crippen MR) is 80.1 cm³/mol. The number of hydrogen-bond donors (Lipinski definition) is 0. The van der Waals surface area contributed by atoms with Gasteiger partial charge in [-0.3, -0.25) is 14.5 Å². The van der Waals surface area contributed by atoms with E-state index >= 15 is 0 Å². The van der Waals surface area contributed by atoms with E-state index in [1.807, 2.05) is 19.9 Å². The van der Waals surface area contributed by atoms with Gasteiger partial charge in [-0.1, -0.05) is 0 Å². The van der Waals surface area contributed by atoms with E-state index in [0.717, 1.165) is 23.5 Å². The minimum atomic E-state index is -0.000620. The van der Waals surface area contributed by atoms with Crippen LogP contribution in [0.5, 0.6) is 0 Å². The molecule has 5 heteroatoms. The zero-order chi connectivity index (χ0) is 15.4. The highest BCUT2D eigenvalue weighted by Crippen LogP contribution is 2.15. The molecule has 0 aliphatic heterocycles. The Morgan fingerprint density at radius 3 is 2.20 bits per heavy atom. The van der Waals surface area contributed by atoms with Gasteiger partial charge >= 0.3 is 0 Å². The molecular formula is C15H25N3O2. The molecule has 0 bridgehead atoms. The Bertz CT molecular complexity index is 503. The zero-order valence-corrected chi connectivity index (χ0v) is 13.4. The van der Waals surface area contributed by atoms with Crippen LogP contribution >= 0.6 is 0 Å². The fraction of sp³-hybridized carbons (Fsp3) is 0.600. The second kappa shape index (κ2) is 6.70. The van der Waals surface area contributed by atoms with E-state index < -0.39 is 0 Å². The summed E-state index contributed by atoms with van der Waals surface area (Å²) in [5.74, 6) is 0.0613. The summed E-state index contributed by atoms with van der Waals surface area (Å²) in [4.78, 5) is 27.2. The highest BCUT2D eigenvalue weighted by molar-refractivity contribution is 5.99. The van der Waals surface area contributed by atoms with Crippen molar-refractivity contribution in [2.24, 2.45) is 0 Å². The van der Waals surface area contributed by atoms with Gasteiger partial charge in [-0.25, -0.2) is 0 Å². The van der Waals surface area contributed by atoms with Crippen LogP contribution in [0.3, 0.4) is 0 Å². The van der Waals surface area contributed by atoms with E-state index in [9.17, 15) is 9.59 Å². The van der Waals surface area contributed by atoms with Crippen LogP contribution in [0.1, 0.15) is 28.7 Å². The maximum atomic E-state index is 12.3. The first kappa shape index (κ1) is 16.4. The van der Waals surface area contributed by atoms with Crippen LogP contribution in [0.4, 0.5) is 0 Å². The van der Waals surface area contributed by atoms with Crippen molar-refractivity contribution in [3.8, 4) is 0 Å². The van der Waals surface area contributed by atoms with Crippen LogP contribution < -0.4 is 0 Å². The molecule has 20 heavy (non-hydrogen) atoms. The lowest BCUT2D eigenvalue weighted by atomic mass is 10.1. The molecule has 0 atom stereocenters. The molecule has 0 saturated carbocycles. The van der Waals surface area contributed by atoms with Crippen molar-refractivity contribution in [1.82, 2.24) is 14.4 Å². The monoisotopic (exact) mass is 279 g/mol. The first-order chi connectivity index (χ1) is 9.27. The number of aryl methyl sites for hydroxylation is 1. The predicted octanol–water partition coefficient (Wildman–Crippen LogP) is 1.33. The van der Waals surface area contributed by atoms with Gasteiger partial charge in [0, 0.05) is 37.6 Å². The highest BCUT2D eigenvalue weighted by Gasteiger charge is 2.18. The minimum absolute atomic E-state index is 0.000620. The van der Waals surface area contributed by atoms with Gasteiger partial charge in [-0.05, 0) is 33.9 Å². The average Bonchev–Trinajstić information content (AvgIpc) is 2.63. The van der Waals surface area contributed by atoms with Gasteiger partial charge in [0.05, 0.1) is 13.1 Å². The summed E-state index contributed by atoms with van der Waals surface area (Å²) in [6.07, 6.45) is 0. The third kappa shape index (κ3) is 3.70. The number of rotatable bonds is 6. The summed E-state index contributed by atoms with van der Waals surface area (Å²) < 4.78 is 2.12. The van der Waals surface area contributed by atoms with Crippen molar-refractivity contribution in [2.75, 3.05) is 34.2 Å². The number of nitrogens with zero attached hydrogens (tertiary/aromatic N) is 3. The van der Waals surface area contributed by atoms with Gasteiger partial charge in [-0.2, -0.15) is 0 Å². The third-order valence-corrected chi connectivity index (χ3v) is 3.51. The molecule has 1 aromatic heterocycles. The van der Waals surface area contributed by atoms with Crippen molar-refractivity contribution in [2.45, 2.75) is 27.3 Å². The van der Waals surface area contributed by atoms with Gasteiger partial charge in [0.15, 0.2) is 5.78 Å². The third-order valence-electron chi connectivity index (χ3n) is 3.51. The van der Waals surface area contributed by atoms with Gasteiger partial charge in [0.2, 0.25) is 5.91 Å². The lowest BCUT2D eigenvalue weighted by Crippen LogP contribution is -2.37. The molecule has 112 valence electrons. The number of hydrogen-bond acceptors (Lipinski definition) is 3. The molecule has 5 nitrogen and oxygen atoms in total. The fourth-order valence-electron chi connectivity index (χ4n) is 2.33. The lowest BCUT2D eigenvalue weighted by Gasteiger charge is -2.18. The molecule has 0 saturated heterocycles. The minimum Gasteiger partial charge on any atom is -0.349 e. The summed E-state index contributed by atoms with van der Waals surface area (Å²) in [5.41, 5.74) is 2.86. The van der Waals surface area contributed by atoms with E-state index in [1.165, 1.54) is 4.90 Å².